The molecule has 1 aliphatic rings. The molecule has 0 fully saturated rings. The molecule has 0 aromatic heterocycles. The maximum atomic E-state index is 12.4. The van der Waals surface area contributed by atoms with Gasteiger partial charge in [-0.1, -0.05) is 43.2 Å². The molecule has 0 saturated carbocycles. The first kappa shape index (κ1) is 18.6. The van der Waals surface area contributed by atoms with Crippen LogP contribution in [0.25, 0.3) is 0 Å². The van der Waals surface area contributed by atoms with E-state index in [1.165, 1.54) is 19.1 Å². The van der Waals surface area contributed by atoms with Crippen molar-refractivity contribution in [2.75, 3.05) is 0 Å². The number of carbonyl (C=O) groups is 3. The van der Waals surface area contributed by atoms with Crippen LogP contribution in [0.1, 0.15) is 58.5 Å². The molecular weight excluding hydrogens is 346 g/mol. The highest BCUT2D eigenvalue weighted by atomic mass is 16.7. The maximum absolute atomic E-state index is 12.4. The van der Waals surface area contributed by atoms with E-state index < -0.39 is 23.9 Å². The predicted molar refractivity (Wildman–Crippen MR) is 98.4 cm³/mol. The number of benzene rings is 2. The van der Waals surface area contributed by atoms with Crippen LogP contribution in [0.15, 0.2) is 42.5 Å². The Balaban J connectivity index is 1.72. The summed E-state index contributed by atoms with van der Waals surface area (Å²) in [5, 5.41) is 0.490. The zero-order valence-corrected chi connectivity index (χ0v) is 15.7. The lowest BCUT2D eigenvalue weighted by Gasteiger charge is -2.19. The highest BCUT2D eigenvalue weighted by Gasteiger charge is 2.39. The molecule has 2 aromatic carbocycles. The average molecular weight is 367 g/mol. The minimum atomic E-state index is -0.990. The van der Waals surface area contributed by atoms with Crippen molar-refractivity contribution in [3.05, 3.63) is 64.7 Å². The molecule has 1 aliphatic heterocycles. The third kappa shape index (κ3) is 3.56. The van der Waals surface area contributed by atoms with Gasteiger partial charge in [0.25, 0.3) is 11.8 Å². The SMILES string of the molecule is Cc1ccc(C(C)C)cc1OC(C)C(=O)ON1C(=O)c2ccccc2C1=O. The summed E-state index contributed by atoms with van der Waals surface area (Å²) in [6.45, 7) is 7.52. The minimum absolute atomic E-state index is 0.212. The van der Waals surface area contributed by atoms with E-state index in [-0.39, 0.29) is 11.1 Å². The number of hydrogen-bond acceptors (Lipinski definition) is 5. The molecule has 0 aliphatic carbocycles. The second kappa shape index (κ2) is 7.23. The van der Waals surface area contributed by atoms with Gasteiger partial charge < -0.3 is 9.57 Å². The molecule has 0 radical (unpaired) electrons. The van der Waals surface area contributed by atoms with E-state index in [2.05, 4.69) is 13.8 Å². The van der Waals surface area contributed by atoms with Gasteiger partial charge in [-0.3, -0.25) is 9.59 Å². The van der Waals surface area contributed by atoms with Crippen LogP contribution in [-0.2, 0) is 9.63 Å². The van der Waals surface area contributed by atoms with Crippen LogP contribution in [-0.4, -0.2) is 29.0 Å². The van der Waals surface area contributed by atoms with E-state index in [0.717, 1.165) is 11.1 Å². The topological polar surface area (TPSA) is 72.9 Å². The summed E-state index contributed by atoms with van der Waals surface area (Å²) in [5.41, 5.74) is 2.38. The Kier molecular flexibility index (Phi) is 4.99. The zero-order chi connectivity index (χ0) is 19.7. The summed E-state index contributed by atoms with van der Waals surface area (Å²) < 4.78 is 5.73. The number of ether oxygens (including phenoxy) is 1. The number of imide groups is 1. The van der Waals surface area contributed by atoms with Crippen LogP contribution in [0, 0.1) is 6.92 Å². The molecule has 6 nitrogen and oxygen atoms in total. The fourth-order valence-corrected chi connectivity index (χ4v) is 2.76. The first-order valence-corrected chi connectivity index (χ1v) is 8.76. The molecule has 0 spiro atoms. The van der Waals surface area contributed by atoms with Crippen LogP contribution in [0.2, 0.25) is 0 Å². The fraction of sp³-hybridized carbons (Fsp3) is 0.286. The van der Waals surface area contributed by atoms with Crippen molar-refractivity contribution in [2.45, 2.75) is 39.7 Å². The number of hydrogen-bond donors (Lipinski definition) is 0. The standard InChI is InChI=1S/C21H21NO5/c1-12(2)15-10-9-13(3)18(11-15)26-14(4)21(25)27-22-19(23)16-7-5-6-8-17(16)20(22)24/h5-12,14H,1-4H3. The predicted octanol–water partition coefficient (Wildman–Crippen LogP) is 3.64. The van der Waals surface area contributed by atoms with E-state index in [1.54, 1.807) is 12.1 Å². The van der Waals surface area contributed by atoms with Gasteiger partial charge in [0.1, 0.15) is 5.75 Å². The Labute approximate surface area is 157 Å². The van der Waals surface area contributed by atoms with E-state index in [0.29, 0.717) is 16.7 Å². The Bertz CT molecular complexity index is 884. The van der Waals surface area contributed by atoms with Crippen molar-refractivity contribution in [2.24, 2.45) is 0 Å². The maximum Gasteiger partial charge on any atom is 0.373 e. The molecule has 0 N–H and O–H groups in total. The molecule has 6 heteroatoms. The molecule has 0 bridgehead atoms. The minimum Gasteiger partial charge on any atom is -0.479 e. The summed E-state index contributed by atoms with van der Waals surface area (Å²) in [6.07, 6.45) is -0.990. The van der Waals surface area contributed by atoms with Crippen LogP contribution in [0.4, 0.5) is 0 Å². The van der Waals surface area contributed by atoms with Gasteiger partial charge >= 0.3 is 5.97 Å². The summed E-state index contributed by atoms with van der Waals surface area (Å²) >= 11 is 0. The molecule has 2 amide bonds. The van der Waals surface area contributed by atoms with Crippen molar-refractivity contribution in [1.82, 2.24) is 5.06 Å². The van der Waals surface area contributed by atoms with Crippen molar-refractivity contribution in [3.8, 4) is 5.75 Å². The van der Waals surface area contributed by atoms with Crippen molar-refractivity contribution < 1.29 is 24.0 Å². The first-order chi connectivity index (χ1) is 12.8. The summed E-state index contributed by atoms with van der Waals surface area (Å²) in [4.78, 5) is 42.0. The third-order valence-electron chi connectivity index (χ3n) is 4.45. The molecule has 1 heterocycles. The lowest BCUT2D eigenvalue weighted by molar-refractivity contribution is -0.176. The van der Waals surface area contributed by atoms with Gasteiger partial charge in [0.2, 0.25) is 0 Å². The second-order valence-electron chi connectivity index (χ2n) is 6.80. The van der Waals surface area contributed by atoms with Crippen molar-refractivity contribution in [1.29, 1.82) is 0 Å². The number of carbonyl (C=O) groups excluding carboxylic acids is 3. The molecule has 1 atom stereocenters. The highest BCUT2D eigenvalue weighted by molar-refractivity contribution is 6.20. The number of fused-ring (bicyclic) bond motifs is 1. The van der Waals surface area contributed by atoms with Gasteiger partial charge in [-0.25, -0.2) is 4.79 Å². The number of nitrogens with zero attached hydrogens (tertiary/aromatic N) is 1. The molecule has 1 unspecified atom stereocenters. The number of aryl methyl sites for hydroxylation is 1. The molecular formula is C21H21NO5. The van der Waals surface area contributed by atoms with E-state index in [9.17, 15) is 14.4 Å². The highest BCUT2D eigenvalue weighted by Crippen LogP contribution is 2.26. The van der Waals surface area contributed by atoms with Gasteiger partial charge in [0, 0.05) is 0 Å². The van der Waals surface area contributed by atoms with Gasteiger partial charge in [0.05, 0.1) is 11.1 Å². The molecule has 0 saturated heterocycles. The third-order valence-corrected chi connectivity index (χ3v) is 4.45. The quantitative estimate of drug-likeness (QED) is 0.755. The van der Waals surface area contributed by atoms with E-state index >= 15 is 0 Å². The van der Waals surface area contributed by atoms with Crippen LogP contribution in [0.5, 0.6) is 5.75 Å². The van der Waals surface area contributed by atoms with E-state index in [1.807, 2.05) is 25.1 Å². The normalized spacial score (nSPS) is 14.3. The monoisotopic (exact) mass is 367 g/mol. The van der Waals surface area contributed by atoms with Crippen molar-refractivity contribution >= 4 is 17.8 Å². The Morgan fingerprint density at radius 3 is 2.11 bits per heavy atom. The number of hydroxylamine groups is 2. The average Bonchev–Trinajstić information content (AvgIpc) is 2.88. The molecule has 2 aromatic rings. The molecule has 3 rings (SSSR count). The van der Waals surface area contributed by atoms with Crippen molar-refractivity contribution in [3.63, 3.8) is 0 Å². The number of rotatable bonds is 5. The largest absolute Gasteiger partial charge is 0.479 e. The second-order valence-corrected chi connectivity index (χ2v) is 6.80. The zero-order valence-electron chi connectivity index (χ0n) is 15.7. The van der Waals surface area contributed by atoms with Crippen LogP contribution >= 0.6 is 0 Å². The Morgan fingerprint density at radius 2 is 1.56 bits per heavy atom. The summed E-state index contributed by atoms with van der Waals surface area (Å²) in [5.74, 6) is -1.26. The Hall–Kier alpha value is -3.15. The van der Waals surface area contributed by atoms with Gasteiger partial charge in [0.15, 0.2) is 6.10 Å². The number of amides is 2. The van der Waals surface area contributed by atoms with Gasteiger partial charge in [-0.05, 0) is 49.1 Å². The smallest absolute Gasteiger partial charge is 0.373 e. The van der Waals surface area contributed by atoms with Crippen LogP contribution < -0.4 is 4.74 Å². The fourth-order valence-electron chi connectivity index (χ4n) is 2.76. The summed E-state index contributed by atoms with van der Waals surface area (Å²) in [6, 6.07) is 12.1. The van der Waals surface area contributed by atoms with Gasteiger partial charge in [-0.2, -0.15) is 0 Å². The first-order valence-electron chi connectivity index (χ1n) is 8.76. The molecule has 140 valence electrons. The molecule has 27 heavy (non-hydrogen) atoms. The lowest BCUT2D eigenvalue weighted by atomic mass is 10.0. The Morgan fingerprint density at radius 1 is 0.963 bits per heavy atom. The lowest BCUT2D eigenvalue weighted by Crippen LogP contribution is -2.37. The van der Waals surface area contributed by atoms with E-state index in [4.69, 9.17) is 9.57 Å². The summed E-state index contributed by atoms with van der Waals surface area (Å²) in [7, 11) is 0. The van der Waals surface area contributed by atoms with Crippen LogP contribution in [0.3, 0.4) is 0 Å². The van der Waals surface area contributed by atoms with Gasteiger partial charge in [-0.15, -0.1) is 0 Å².